The summed E-state index contributed by atoms with van der Waals surface area (Å²) in [6.45, 7) is 5.65. The molecule has 5 heteroatoms. The molecule has 0 saturated carbocycles. The zero-order valence-electron chi connectivity index (χ0n) is 11.6. The molecule has 0 aromatic heterocycles. The molecule has 19 heavy (non-hydrogen) atoms. The summed E-state index contributed by atoms with van der Waals surface area (Å²) < 4.78 is 5.47. The first-order valence-electron chi connectivity index (χ1n) is 6.61. The van der Waals surface area contributed by atoms with Crippen molar-refractivity contribution in [3.63, 3.8) is 0 Å². The van der Waals surface area contributed by atoms with Gasteiger partial charge in [0.15, 0.2) is 0 Å². The number of nitrogens with one attached hydrogen (secondary N) is 2. The van der Waals surface area contributed by atoms with Crippen LogP contribution in [0.5, 0.6) is 0 Å². The lowest BCUT2D eigenvalue weighted by Gasteiger charge is -2.14. The Morgan fingerprint density at radius 3 is 2.95 bits per heavy atom. The maximum Gasteiger partial charge on any atom is 0.319 e. The van der Waals surface area contributed by atoms with Crippen molar-refractivity contribution in [1.29, 1.82) is 0 Å². The number of rotatable bonds is 7. The van der Waals surface area contributed by atoms with E-state index in [1.165, 1.54) is 0 Å². The number of benzene rings is 1. The molecule has 1 atom stereocenters. The van der Waals surface area contributed by atoms with Gasteiger partial charge in [-0.1, -0.05) is 19.1 Å². The predicted octanol–water partition coefficient (Wildman–Crippen LogP) is 2.08. The van der Waals surface area contributed by atoms with Gasteiger partial charge in [-0.2, -0.15) is 0 Å². The molecule has 0 aliphatic heterocycles. The molecule has 2 amide bonds. The molecule has 5 nitrogen and oxygen atoms in total. The van der Waals surface area contributed by atoms with Gasteiger partial charge in [-0.15, -0.1) is 0 Å². The largest absolute Gasteiger partial charge is 0.377 e. The highest BCUT2D eigenvalue weighted by Gasteiger charge is 2.05. The molecule has 0 fully saturated rings. The average molecular weight is 265 g/mol. The van der Waals surface area contributed by atoms with E-state index in [2.05, 4.69) is 17.6 Å². The van der Waals surface area contributed by atoms with Crippen LogP contribution in [0.25, 0.3) is 0 Å². The highest BCUT2D eigenvalue weighted by molar-refractivity contribution is 5.89. The van der Waals surface area contributed by atoms with Crippen molar-refractivity contribution in [1.82, 2.24) is 5.32 Å². The van der Waals surface area contributed by atoms with Gasteiger partial charge in [-0.25, -0.2) is 4.79 Å². The van der Waals surface area contributed by atoms with Crippen molar-refractivity contribution in [2.75, 3.05) is 18.5 Å². The molecule has 4 N–H and O–H groups in total. The number of amides is 2. The lowest BCUT2D eigenvalue weighted by atomic mass is 10.2. The van der Waals surface area contributed by atoms with Gasteiger partial charge in [-0.3, -0.25) is 0 Å². The minimum atomic E-state index is -0.235. The molecule has 0 radical (unpaired) electrons. The van der Waals surface area contributed by atoms with Crippen LogP contribution in [0.1, 0.15) is 25.8 Å². The number of carbonyl (C=O) groups is 1. The zero-order chi connectivity index (χ0) is 14.1. The molecule has 1 aromatic carbocycles. The van der Waals surface area contributed by atoms with Gasteiger partial charge in [0.2, 0.25) is 0 Å². The van der Waals surface area contributed by atoms with E-state index in [4.69, 9.17) is 10.5 Å². The smallest absolute Gasteiger partial charge is 0.319 e. The van der Waals surface area contributed by atoms with E-state index in [-0.39, 0.29) is 12.1 Å². The molecule has 106 valence electrons. The number of anilines is 1. The summed E-state index contributed by atoms with van der Waals surface area (Å²) in [4.78, 5) is 11.7. The third-order valence-electron chi connectivity index (χ3n) is 2.58. The van der Waals surface area contributed by atoms with Crippen LogP contribution in [0.2, 0.25) is 0 Å². The van der Waals surface area contributed by atoms with Gasteiger partial charge < -0.3 is 21.1 Å². The standard InChI is InChI=1S/C14H23N3O2/c1-3-7-19-11(2)10-16-14(18)17-13-6-4-5-12(8-13)9-15/h4-6,8,11H,3,7,9-10,15H2,1-2H3,(H2,16,17,18)/t11-/m0/s1. The van der Waals surface area contributed by atoms with Crippen molar-refractivity contribution >= 4 is 11.7 Å². The monoisotopic (exact) mass is 265 g/mol. The molecular weight excluding hydrogens is 242 g/mol. The van der Waals surface area contributed by atoms with Gasteiger partial charge in [0.1, 0.15) is 0 Å². The summed E-state index contributed by atoms with van der Waals surface area (Å²) in [5.74, 6) is 0. The SMILES string of the molecule is CCCO[C@@H](C)CNC(=O)Nc1cccc(CN)c1. The third-order valence-corrected chi connectivity index (χ3v) is 2.58. The lowest BCUT2D eigenvalue weighted by molar-refractivity contribution is 0.0682. The zero-order valence-corrected chi connectivity index (χ0v) is 11.6. The quantitative estimate of drug-likeness (QED) is 0.706. The van der Waals surface area contributed by atoms with E-state index in [0.717, 1.165) is 17.7 Å². The Balaban J connectivity index is 2.34. The lowest BCUT2D eigenvalue weighted by Crippen LogP contribution is -2.35. The van der Waals surface area contributed by atoms with Crippen molar-refractivity contribution in [3.05, 3.63) is 29.8 Å². The first kappa shape index (κ1) is 15.5. The summed E-state index contributed by atoms with van der Waals surface area (Å²) in [6.07, 6.45) is 0.990. The summed E-state index contributed by atoms with van der Waals surface area (Å²) >= 11 is 0. The Bertz CT molecular complexity index is 396. The second-order valence-electron chi connectivity index (χ2n) is 4.42. The minimum Gasteiger partial charge on any atom is -0.377 e. The molecule has 0 aliphatic rings. The Morgan fingerprint density at radius 2 is 2.26 bits per heavy atom. The highest BCUT2D eigenvalue weighted by Crippen LogP contribution is 2.09. The van der Waals surface area contributed by atoms with Crippen LogP contribution in [-0.2, 0) is 11.3 Å². The second kappa shape index (κ2) is 8.50. The van der Waals surface area contributed by atoms with Crippen LogP contribution in [0.4, 0.5) is 10.5 Å². The topological polar surface area (TPSA) is 76.4 Å². The molecule has 0 aliphatic carbocycles. The molecule has 1 rings (SSSR count). The first-order valence-corrected chi connectivity index (χ1v) is 6.61. The van der Waals surface area contributed by atoms with E-state index in [0.29, 0.717) is 19.7 Å². The summed E-state index contributed by atoms with van der Waals surface area (Å²) in [5, 5.41) is 5.54. The van der Waals surface area contributed by atoms with Gasteiger partial charge in [0.25, 0.3) is 0 Å². The fourth-order valence-corrected chi connectivity index (χ4v) is 1.57. The van der Waals surface area contributed by atoms with Crippen molar-refractivity contribution in [3.8, 4) is 0 Å². The van der Waals surface area contributed by atoms with Crippen LogP contribution in [0.15, 0.2) is 24.3 Å². The number of hydrogen-bond donors (Lipinski definition) is 3. The van der Waals surface area contributed by atoms with Gasteiger partial charge in [-0.05, 0) is 31.0 Å². The van der Waals surface area contributed by atoms with E-state index < -0.39 is 0 Å². The van der Waals surface area contributed by atoms with E-state index in [1.54, 1.807) is 0 Å². The highest BCUT2D eigenvalue weighted by atomic mass is 16.5. The third kappa shape index (κ3) is 6.22. The van der Waals surface area contributed by atoms with Crippen LogP contribution < -0.4 is 16.4 Å². The van der Waals surface area contributed by atoms with Crippen molar-refractivity contribution in [2.24, 2.45) is 5.73 Å². The van der Waals surface area contributed by atoms with Gasteiger partial charge >= 0.3 is 6.03 Å². The molecule has 0 spiro atoms. The second-order valence-corrected chi connectivity index (χ2v) is 4.42. The molecule has 0 bridgehead atoms. The summed E-state index contributed by atoms with van der Waals surface area (Å²) in [6, 6.07) is 7.24. The van der Waals surface area contributed by atoms with Crippen LogP contribution in [-0.4, -0.2) is 25.3 Å². The number of ether oxygens (including phenoxy) is 1. The maximum absolute atomic E-state index is 11.7. The number of hydrogen-bond acceptors (Lipinski definition) is 3. The molecule has 0 heterocycles. The van der Waals surface area contributed by atoms with Gasteiger partial charge in [0, 0.05) is 25.4 Å². The normalized spacial score (nSPS) is 11.9. The number of nitrogens with two attached hydrogens (primary N) is 1. The molecule has 0 saturated heterocycles. The molecular formula is C14H23N3O2. The Hall–Kier alpha value is -1.59. The number of urea groups is 1. The van der Waals surface area contributed by atoms with Crippen LogP contribution >= 0.6 is 0 Å². The number of carbonyl (C=O) groups excluding carboxylic acids is 1. The van der Waals surface area contributed by atoms with Crippen molar-refractivity contribution < 1.29 is 9.53 Å². The van der Waals surface area contributed by atoms with Crippen LogP contribution in [0.3, 0.4) is 0 Å². The minimum absolute atomic E-state index is 0.0149. The maximum atomic E-state index is 11.7. The van der Waals surface area contributed by atoms with Crippen molar-refractivity contribution in [2.45, 2.75) is 32.9 Å². The van der Waals surface area contributed by atoms with E-state index in [9.17, 15) is 4.79 Å². The molecule has 1 aromatic rings. The first-order chi connectivity index (χ1) is 9.15. The average Bonchev–Trinajstić information content (AvgIpc) is 2.43. The Kier molecular flexibility index (Phi) is 6.92. The van der Waals surface area contributed by atoms with E-state index >= 15 is 0 Å². The van der Waals surface area contributed by atoms with Crippen LogP contribution in [0, 0.1) is 0 Å². The molecule has 0 unspecified atom stereocenters. The fourth-order valence-electron chi connectivity index (χ4n) is 1.57. The Labute approximate surface area is 114 Å². The summed E-state index contributed by atoms with van der Waals surface area (Å²) in [7, 11) is 0. The summed E-state index contributed by atoms with van der Waals surface area (Å²) in [5.41, 5.74) is 7.27. The van der Waals surface area contributed by atoms with Gasteiger partial charge in [0.05, 0.1) is 6.10 Å². The predicted molar refractivity (Wildman–Crippen MR) is 77.1 cm³/mol. The fraction of sp³-hybridized carbons (Fsp3) is 0.500. The Morgan fingerprint density at radius 1 is 1.47 bits per heavy atom. The van der Waals surface area contributed by atoms with E-state index in [1.807, 2.05) is 31.2 Å².